The Kier molecular flexibility index (Phi) is 4.87. The molecule has 8 heteroatoms. The van der Waals surface area contributed by atoms with Gasteiger partial charge in [0.15, 0.2) is 0 Å². The van der Waals surface area contributed by atoms with Gasteiger partial charge in [-0.15, -0.1) is 0 Å². The summed E-state index contributed by atoms with van der Waals surface area (Å²) in [7, 11) is -4.04. The Morgan fingerprint density at radius 1 is 1.03 bits per heavy atom. The Hall–Kier alpha value is -3.52. The van der Waals surface area contributed by atoms with Gasteiger partial charge in [-0.05, 0) is 60.2 Å². The Bertz CT molecular complexity index is 1310. The number of rotatable bonds is 5. The van der Waals surface area contributed by atoms with Crippen molar-refractivity contribution in [2.45, 2.75) is 25.2 Å². The summed E-state index contributed by atoms with van der Waals surface area (Å²) in [6.45, 7) is 3.26. The Balaban J connectivity index is 1.61. The van der Waals surface area contributed by atoms with Gasteiger partial charge >= 0.3 is 0 Å². The molecule has 0 fully saturated rings. The first-order valence-corrected chi connectivity index (χ1v) is 10.8. The monoisotopic (exact) mass is 421 g/mol. The highest BCUT2D eigenvalue weighted by Gasteiger charge is 2.21. The number of hydrogen-bond acceptors (Lipinski definition) is 5. The van der Waals surface area contributed by atoms with E-state index in [1.807, 2.05) is 30.3 Å². The lowest BCUT2D eigenvalue weighted by atomic mass is 10.0. The molecule has 1 N–H and O–H groups in total. The molecule has 0 heterocycles. The predicted molar refractivity (Wildman–Crippen MR) is 115 cm³/mol. The van der Waals surface area contributed by atoms with Gasteiger partial charge in [-0.1, -0.05) is 42.5 Å². The fourth-order valence-electron chi connectivity index (χ4n) is 3.55. The number of benzene rings is 3. The molecule has 1 aliphatic rings. The van der Waals surface area contributed by atoms with E-state index >= 15 is 0 Å². The van der Waals surface area contributed by atoms with Gasteiger partial charge in [0.05, 0.1) is 15.5 Å². The zero-order chi connectivity index (χ0) is 21.5. The van der Waals surface area contributed by atoms with Crippen LogP contribution in [0.25, 0.3) is 11.1 Å². The molecule has 0 radical (unpaired) electrons. The lowest BCUT2D eigenvalue weighted by molar-refractivity contribution is -0.385. The van der Waals surface area contributed by atoms with Crippen molar-refractivity contribution in [3.63, 3.8) is 0 Å². The van der Waals surface area contributed by atoms with E-state index in [0.29, 0.717) is 11.3 Å². The van der Waals surface area contributed by atoms with E-state index in [1.165, 1.54) is 28.8 Å². The van der Waals surface area contributed by atoms with E-state index in [9.17, 15) is 18.5 Å². The number of hydrogen-bond donors (Lipinski definition) is 1. The average Bonchev–Trinajstić information content (AvgIpc) is 3.10. The highest BCUT2D eigenvalue weighted by Crippen LogP contribution is 2.36. The van der Waals surface area contributed by atoms with E-state index in [-0.39, 0.29) is 10.6 Å². The van der Waals surface area contributed by atoms with Crippen LogP contribution in [-0.4, -0.2) is 19.1 Å². The Morgan fingerprint density at radius 2 is 1.77 bits per heavy atom. The molecule has 3 aromatic rings. The van der Waals surface area contributed by atoms with Crippen molar-refractivity contribution < 1.29 is 13.3 Å². The molecule has 7 nitrogen and oxygen atoms in total. The number of hydrazone groups is 1. The number of nitro groups is 1. The third kappa shape index (κ3) is 3.57. The van der Waals surface area contributed by atoms with Gasteiger partial charge in [-0.2, -0.15) is 18.4 Å². The third-order valence-corrected chi connectivity index (χ3v) is 6.44. The molecule has 0 aliphatic heterocycles. The maximum absolute atomic E-state index is 12.6. The maximum Gasteiger partial charge on any atom is 0.276 e. The summed E-state index contributed by atoms with van der Waals surface area (Å²) in [5.74, 6) is 0. The zero-order valence-corrected chi connectivity index (χ0v) is 17.2. The Labute approximate surface area is 174 Å². The second-order valence-corrected chi connectivity index (χ2v) is 8.86. The number of nitrogens with one attached hydrogen (secondary N) is 1. The van der Waals surface area contributed by atoms with E-state index in [2.05, 4.69) is 22.1 Å². The first-order valence-electron chi connectivity index (χ1n) is 9.29. The van der Waals surface area contributed by atoms with Crippen molar-refractivity contribution in [1.29, 1.82) is 0 Å². The van der Waals surface area contributed by atoms with Crippen LogP contribution >= 0.6 is 0 Å². The van der Waals surface area contributed by atoms with Crippen LogP contribution in [0, 0.1) is 17.0 Å². The second-order valence-electron chi connectivity index (χ2n) is 7.20. The topological polar surface area (TPSA) is 102 Å². The summed E-state index contributed by atoms with van der Waals surface area (Å²) in [4.78, 5) is 12.5. The fraction of sp³-hybridized carbons (Fsp3) is 0.136. The van der Waals surface area contributed by atoms with Gasteiger partial charge in [-0.3, -0.25) is 10.1 Å². The summed E-state index contributed by atoms with van der Waals surface area (Å²) in [5.41, 5.74) is 6.20. The number of aryl methyl sites for hydroxylation is 1. The van der Waals surface area contributed by atoms with Crippen LogP contribution in [0.2, 0.25) is 0 Å². The molecule has 152 valence electrons. The van der Waals surface area contributed by atoms with E-state index < -0.39 is 14.9 Å². The average molecular weight is 421 g/mol. The van der Waals surface area contributed by atoms with Crippen LogP contribution in [0.4, 0.5) is 5.69 Å². The van der Waals surface area contributed by atoms with Crippen LogP contribution in [0.15, 0.2) is 70.7 Å². The summed E-state index contributed by atoms with van der Waals surface area (Å²) >= 11 is 0. The van der Waals surface area contributed by atoms with Gasteiger partial charge in [0.1, 0.15) is 0 Å². The normalized spacial score (nSPS) is 12.9. The molecule has 0 bridgehead atoms. The third-order valence-electron chi connectivity index (χ3n) is 5.24. The first kappa shape index (κ1) is 19.8. The number of sulfonamides is 1. The van der Waals surface area contributed by atoms with Crippen molar-refractivity contribution >= 4 is 21.4 Å². The molecular weight excluding hydrogens is 402 g/mol. The lowest BCUT2D eigenvalue weighted by Crippen LogP contribution is -2.20. The standard InChI is InChI=1S/C22H19N3O4S/c1-14-7-10-19(13-22(14)25(26)27)30(28,29)24-23-15(2)16-8-9-18-11-17-5-3-4-6-20(17)21(18)12-16/h3-10,12-13,24H,11H2,1-2H3. The molecule has 0 spiro atoms. The largest absolute Gasteiger partial charge is 0.276 e. The summed E-state index contributed by atoms with van der Waals surface area (Å²) in [6.07, 6.45) is 0.876. The summed E-state index contributed by atoms with van der Waals surface area (Å²) in [6, 6.07) is 17.9. The predicted octanol–water partition coefficient (Wildman–Crippen LogP) is 4.18. The van der Waals surface area contributed by atoms with E-state index in [1.54, 1.807) is 13.8 Å². The van der Waals surface area contributed by atoms with Crippen LogP contribution in [0.1, 0.15) is 29.2 Å². The molecule has 0 amide bonds. The van der Waals surface area contributed by atoms with Gasteiger partial charge in [0.25, 0.3) is 15.7 Å². The molecule has 4 rings (SSSR count). The van der Waals surface area contributed by atoms with Crippen molar-refractivity contribution in [3.05, 3.63) is 93.0 Å². The molecule has 3 aromatic carbocycles. The summed E-state index contributed by atoms with van der Waals surface area (Å²) in [5, 5.41) is 15.1. The fourth-order valence-corrected chi connectivity index (χ4v) is 4.42. The maximum atomic E-state index is 12.6. The number of fused-ring (bicyclic) bond motifs is 3. The highest BCUT2D eigenvalue weighted by atomic mass is 32.2. The quantitative estimate of drug-likeness (QED) is 0.297. The van der Waals surface area contributed by atoms with Gasteiger partial charge in [-0.25, -0.2) is 0 Å². The van der Waals surface area contributed by atoms with Crippen molar-refractivity contribution in [1.82, 2.24) is 4.83 Å². The highest BCUT2D eigenvalue weighted by molar-refractivity contribution is 7.89. The smallest absolute Gasteiger partial charge is 0.258 e. The van der Waals surface area contributed by atoms with Crippen LogP contribution in [-0.2, 0) is 16.4 Å². The molecule has 0 aromatic heterocycles. The number of nitrogens with zero attached hydrogens (tertiary/aromatic N) is 2. The summed E-state index contributed by atoms with van der Waals surface area (Å²) < 4.78 is 25.1. The van der Waals surface area contributed by atoms with Gasteiger partial charge in [0.2, 0.25) is 0 Å². The van der Waals surface area contributed by atoms with Crippen LogP contribution < -0.4 is 4.83 Å². The van der Waals surface area contributed by atoms with E-state index in [0.717, 1.165) is 23.6 Å². The molecule has 0 atom stereocenters. The van der Waals surface area contributed by atoms with Crippen LogP contribution in [0.3, 0.4) is 0 Å². The van der Waals surface area contributed by atoms with Crippen LogP contribution in [0.5, 0.6) is 0 Å². The minimum Gasteiger partial charge on any atom is -0.258 e. The van der Waals surface area contributed by atoms with Gasteiger partial charge in [0, 0.05) is 11.6 Å². The van der Waals surface area contributed by atoms with Crippen molar-refractivity contribution in [3.8, 4) is 11.1 Å². The molecule has 0 saturated carbocycles. The molecular formula is C22H19N3O4S. The van der Waals surface area contributed by atoms with E-state index in [4.69, 9.17) is 0 Å². The minimum atomic E-state index is -4.04. The second kappa shape index (κ2) is 7.38. The molecule has 30 heavy (non-hydrogen) atoms. The molecule has 1 aliphatic carbocycles. The lowest BCUT2D eigenvalue weighted by Gasteiger charge is -2.08. The SMILES string of the molecule is CC(=NNS(=O)(=O)c1ccc(C)c([N+](=O)[O-])c1)c1ccc2c(c1)-c1ccccc1C2. The number of nitro benzene ring substituents is 1. The van der Waals surface area contributed by atoms with Crippen molar-refractivity contribution in [2.75, 3.05) is 0 Å². The van der Waals surface area contributed by atoms with Gasteiger partial charge < -0.3 is 0 Å². The van der Waals surface area contributed by atoms with Crippen molar-refractivity contribution in [2.24, 2.45) is 5.10 Å². The Morgan fingerprint density at radius 3 is 2.53 bits per heavy atom. The zero-order valence-electron chi connectivity index (χ0n) is 16.4. The molecule has 0 unspecified atom stereocenters. The molecule has 0 saturated heterocycles. The first-order chi connectivity index (χ1) is 14.3. The minimum absolute atomic E-state index is 0.209.